The number of benzene rings is 1. The van der Waals surface area contributed by atoms with Crippen molar-refractivity contribution >= 4 is 5.91 Å². The van der Waals surface area contributed by atoms with E-state index in [2.05, 4.69) is 41.4 Å². The summed E-state index contributed by atoms with van der Waals surface area (Å²) in [5, 5.41) is 7.58. The van der Waals surface area contributed by atoms with E-state index in [9.17, 15) is 4.79 Å². The van der Waals surface area contributed by atoms with E-state index in [1.165, 1.54) is 5.56 Å². The number of carbonyl (C=O) groups excluding carboxylic acids is 1. The van der Waals surface area contributed by atoms with Gasteiger partial charge in [-0.15, -0.1) is 0 Å². The third-order valence-corrected chi connectivity index (χ3v) is 4.04. The summed E-state index contributed by atoms with van der Waals surface area (Å²) >= 11 is 0. The van der Waals surface area contributed by atoms with Crippen molar-refractivity contribution in [1.82, 2.24) is 15.1 Å². The summed E-state index contributed by atoms with van der Waals surface area (Å²) in [4.78, 5) is 14.0. The van der Waals surface area contributed by atoms with Gasteiger partial charge in [-0.05, 0) is 13.8 Å². The van der Waals surface area contributed by atoms with E-state index in [1.54, 1.807) is 0 Å². The number of hydrogen-bond donors (Lipinski definition) is 1. The lowest BCUT2D eigenvalue weighted by Crippen LogP contribution is -2.38. The molecule has 0 atom stereocenters. The molecule has 0 spiro atoms. The first kappa shape index (κ1) is 14.8. The molecule has 1 amide bonds. The Morgan fingerprint density at radius 1 is 1.36 bits per heavy atom. The lowest BCUT2D eigenvalue weighted by atomic mass is 10.0. The maximum Gasteiger partial charge on any atom is 0.248 e. The number of nitrogens with zero attached hydrogens (tertiary/aromatic N) is 2. The van der Waals surface area contributed by atoms with Crippen LogP contribution in [0.5, 0.6) is 0 Å². The molecule has 0 radical (unpaired) electrons. The molecule has 22 heavy (non-hydrogen) atoms. The molecule has 2 heterocycles. The van der Waals surface area contributed by atoms with E-state index < -0.39 is 0 Å². The molecule has 5 nitrogen and oxygen atoms in total. The van der Waals surface area contributed by atoms with Gasteiger partial charge in [0.05, 0.1) is 5.69 Å². The van der Waals surface area contributed by atoms with Crippen LogP contribution < -0.4 is 0 Å². The Balaban J connectivity index is 1.82. The number of aryl methyl sites for hydroxylation is 1. The zero-order chi connectivity index (χ0) is 15.5. The summed E-state index contributed by atoms with van der Waals surface area (Å²) in [5.74, 6) is 0.0450. The molecular weight excluding hydrogens is 278 g/mol. The first-order valence-electron chi connectivity index (χ1n) is 7.67. The molecule has 116 valence electrons. The topological polar surface area (TPSA) is 58.2 Å². The van der Waals surface area contributed by atoms with Crippen LogP contribution in [0.15, 0.2) is 24.3 Å². The van der Waals surface area contributed by atoms with Gasteiger partial charge in [0.2, 0.25) is 5.91 Å². The summed E-state index contributed by atoms with van der Waals surface area (Å²) in [7, 11) is 0. The minimum atomic E-state index is 0.0450. The number of carbonyl (C=O) groups is 1. The van der Waals surface area contributed by atoms with Crippen LogP contribution in [0.2, 0.25) is 0 Å². The highest BCUT2D eigenvalue weighted by molar-refractivity contribution is 5.78. The molecule has 0 saturated carbocycles. The number of amides is 1. The number of aromatic amines is 1. The van der Waals surface area contributed by atoms with Gasteiger partial charge in [-0.2, -0.15) is 5.10 Å². The second-order valence-electron chi connectivity index (χ2n) is 5.60. The number of hydrogen-bond acceptors (Lipinski definition) is 3. The molecule has 0 fully saturated rings. The second-order valence-corrected chi connectivity index (χ2v) is 5.60. The highest BCUT2D eigenvalue weighted by Crippen LogP contribution is 2.28. The van der Waals surface area contributed by atoms with Gasteiger partial charge >= 0.3 is 0 Å². The van der Waals surface area contributed by atoms with Crippen LogP contribution in [0.1, 0.15) is 23.7 Å². The molecule has 0 saturated heterocycles. The highest BCUT2D eigenvalue weighted by atomic mass is 16.5. The molecule has 0 aliphatic carbocycles. The molecule has 1 N–H and O–H groups in total. The summed E-state index contributed by atoms with van der Waals surface area (Å²) in [6.45, 7) is 6.00. The van der Waals surface area contributed by atoms with E-state index in [-0.39, 0.29) is 12.5 Å². The molecule has 0 bridgehead atoms. The molecule has 1 aromatic heterocycles. The van der Waals surface area contributed by atoms with E-state index in [4.69, 9.17) is 4.74 Å². The molecule has 1 aliphatic heterocycles. The zero-order valence-corrected chi connectivity index (χ0v) is 13.1. The molecule has 1 aliphatic rings. The largest absolute Gasteiger partial charge is 0.372 e. The average molecular weight is 299 g/mol. The number of rotatable bonds is 4. The molecular formula is C17H21N3O2. The van der Waals surface area contributed by atoms with Crippen molar-refractivity contribution in [2.45, 2.75) is 26.8 Å². The summed E-state index contributed by atoms with van der Waals surface area (Å²) in [6.07, 6.45) is 0.812. The van der Waals surface area contributed by atoms with Crippen molar-refractivity contribution in [3.63, 3.8) is 0 Å². The van der Waals surface area contributed by atoms with Gasteiger partial charge in [0, 0.05) is 42.9 Å². The van der Waals surface area contributed by atoms with Crippen molar-refractivity contribution in [3.8, 4) is 11.3 Å². The average Bonchev–Trinajstić information content (AvgIpc) is 2.96. The Kier molecular flexibility index (Phi) is 4.24. The predicted molar refractivity (Wildman–Crippen MR) is 84.4 cm³/mol. The lowest BCUT2D eigenvalue weighted by Gasteiger charge is -2.27. The van der Waals surface area contributed by atoms with Crippen LogP contribution in [-0.2, 0) is 22.5 Å². The Morgan fingerprint density at radius 3 is 2.86 bits per heavy atom. The Labute approximate surface area is 130 Å². The molecule has 3 rings (SSSR count). The summed E-state index contributed by atoms with van der Waals surface area (Å²) in [5.41, 5.74) is 5.52. The van der Waals surface area contributed by atoms with Crippen LogP contribution in [0.3, 0.4) is 0 Å². The van der Waals surface area contributed by atoms with Crippen LogP contribution in [-0.4, -0.2) is 40.8 Å². The van der Waals surface area contributed by atoms with Crippen LogP contribution in [0, 0.1) is 6.92 Å². The van der Waals surface area contributed by atoms with Gasteiger partial charge < -0.3 is 9.64 Å². The van der Waals surface area contributed by atoms with Gasteiger partial charge in [0.15, 0.2) is 0 Å². The fourth-order valence-electron chi connectivity index (χ4n) is 2.74. The quantitative estimate of drug-likeness (QED) is 0.942. The molecule has 5 heteroatoms. The monoisotopic (exact) mass is 299 g/mol. The Hall–Kier alpha value is -2.14. The third kappa shape index (κ3) is 2.90. The molecule has 1 aromatic carbocycles. The van der Waals surface area contributed by atoms with E-state index in [0.717, 1.165) is 28.9 Å². The van der Waals surface area contributed by atoms with Crippen molar-refractivity contribution in [2.75, 3.05) is 19.8 Å². The van der Waals surface area contributed by atoms with Crippen molar-refractivity contribution < 1.29 is 9.53 Å². The van der Waals surface area contributed by atoms with E-state index in [1.807, 2.05) is 11.8 Å². The fraction of sp³-hybridized carbons (Fsp3) is 0.412. The highest BCUT2D eigenvalue weighted by Gasteiger charge is 2.25. The smallest absolute Gasteiger partial charge is 0.248 e. The summed E-state index contributed by atoms with van der Waals surface area (Å²) < 4.78 is 5.23. The molecule has 2 aromatic rings. The Bertz CT molecular complexity index is 661. The molecule has 0 unspecified atom stereocenters. The zero-order valence-electron chi connectivity index (χ0n) is 13.1. The maximum absolute atomic E-state index is 12.2. The van der Waals surface area contributed by atoms with E-state index >= 15 is 0 Å². The van der Waals surface area contributed by atoms with Gasteiger partial charge in [-0.3, -0.25) is 9.89 Å². The van der Waals surface area contributed by atoms with Crippen LogP contribution in [0.4, 0.5) is 0 Å². The SMILES string of the molecule is CCOCC(=O)N1CCc2[nH]nc(-c3ccc(C)cc3)c2C1. The number of aromatic nitrogens is 2. The predicted octanol–water partition coefficient (Wildman–Crippen LogP) is 2.31. The number of H-pyrrole nitrogens is 1. The number of nitrogens with one attached hydrogen (secondary N) is 1. The number of ether oxygens (including phenoxy) is 1. The summed E-state index contributed by atoms with van der Waals surface area (Å²) in [6, 6.07) is 8.31. The van der Waals surface area contributed by atoms with Crippen LogP contribution >= 0.6 is 0 Å². The van der Waals surface area contributed by atoms with Crippen molar-refractivity contribution in [2.24, 2.45) is 0 Å². The lowest BCUT2D eigenvalue weighted by molar-refractivity contribution is -0.136. The van der Waals surface area contributed by atoms with Gasteiger partial charge in [-0.1, -0.05) is 29.8 Å². The van der Waals surface area contributed by atoms with Crippen molar-refractivity contribution in [1.29, 1.82) is 0 Å². The van der Waals surface area contributed by atoms with Gasteiger partial charge in [-0.25, -0.2) is 0 Å². The van der Waals surface area contributed by atoms with Crippen molar-refractivity contribution in [3.05, 3.63) is 41.1 Å². The van der Waals surface area contributed by atoms with Crippen LogP contribution in [0.25, 0.3) is 11.3 Å². The first-order valence-corrected chi connectivity index (χ1v) is 7.67. The fourth-order valence-corrected chi connectivity index (χ4v) is 2.74. The minimum Gasteiger partial charge on any atom is -0.372 e. The standard InChI is InChI=1S/C17H21N3O2/c1-3-22-11-16(21)20-9-8-15-14(10-20)17(19-18-15)13-6-4-12(2)5-7-13/h4-7H,3,8-11H2,1-2H3,(H,18,19). The first-order chi connectivity index (χ1) is 10.7. The minimum absolute atomic E-state index is 0.0450. The van der Waals surface area contributed by atoms with Gasteiger partial charge in [0.1, 0.15) is 6.61 Å². The number of fused-ring (bicyclic) bond motifs is 1. The third-order valence-electron chi connectivity index (χ3n) is 4.04. The second kappa shape index (κ2) is 6.32. The van der Waals surface area contributed by atoms with Gasteiger partial charge in [0.25, 0.3) is 0 Å². The van der Waals surface area contributed by atoms with E-state index in [0.29, 0.717) is 19.7 Å². The Morgan fingerprint density at radius 2 is 2.14 bits per heavy atom. The maximum atomic E-state index is 12.2. The normalized spacial score (nSPS) is 14.0.